The molecule has 4 N–H and O–H groups in total. The van der Waals surface area contributed by atoms with Gasteiger partial charge < -0.3 is 20.9 Å². The summed E-state index contributed by atoms with van der Waals surface area (Å²) < 4.78 is 1.69. The fraction of sp³-hybridized carbons (Fsp3) is 0.333. The highest BCUT2D eigenvalue weighted by Crippen LogP contribution is 2.29. The summed E-state index contributed by atoms with van der Waals surface area (Å²) in [6.45, 7) is 6.03. The van der Waals surface area contributed by atoms with E-state index in [0.29, 0.717) is 28.5 Å². The van der Waals surface area contributed by atoms with Crippen molar-refractivity contribution in [2.24, 2.45) is 0 Å². The Morgan fingerprint density at radius 1 is 1.14 bits per heavy atom. The van der Waals surface area contributed by atoms with Gasteiger partial charge in [-0.05, 0) is 75.4 Å². The second-order valence-electron chi connectivity index (χ2n) is 9.43. The lowest BCUT2D eigenvalue weighted by molar-refractivity contribution is 0.102. The van der Waals surface area contributed by atoms with E-state index in [0.717, 1.165) is 42.0 Å². The molecule has 0 saturated heterocycles. The van der Waals surface area contributed by atoms with Gasteiger partial charge in [-0.15, -0.1) is 0 Å². The number of aromatic amines is 1. The molecular formula is C27H31N7O2. The van der Waals surface area contributed by atoms with E-state index in [-0.39, 0.29) is 17.6 Å². The van der Waals surface area contributed by atoms with Crippen LogP contribution in [0.25, 0.3) is 11.2 Å². The molecule has 1 fully saturated rings. The second kappa shape index (κ2) is 9.85. The molecule has 1 unspecified atom stereocenters. The van der Waals surface area contributed by atoms with Gasteiger partial charge in [-0.1, -0.05) is 13.0 Å². The van der Waals surface area contributed by atoms with Gasteiger partial charge in [0.05, 0.1) is 5.69 Å². The summed E-state index contributed by atoms with van der Waals surface area (Å²) >= 11 is 0. The number of nitrogens with one attached hydrogen (secondary N) is 4. The number of benzene rings is 1. The van der Waals surface area contributed by atoms with Crippen molar-refractivity contribution < 1.29 is 4.79 Å². The number of carbonyl (C=O) groups is 1. The van der Waals surface area contributed by atoms with Crippen LogP contribution in [-0.2, 0) is 0 Å². The molecule has 1 amide bonds. The number of rotatable bonds is 8. The Hall–Kier alpha value is -4.14. The number of aryl methyl sites for hydroxylation is 1. The van der Waals surface area contributed by atoms with Crippen molar-refractivity contribution in [1.29, 1.82) is 0 Å². The molecule has 9 nitrogen and oxygen atoms in total. The van der Waals surface area contributed by atoms with Gasteiger partial charge in [0.15, 0.2) is 5.65 Å². The molecule has 1 aliphatic rings. The van der Waals surface area contributed by atoms with Crippen molar-refractivity contribution in [3.8, 4) is 0 Å². The third kappa shape index (κ3) is 4.68. The Morgan fingerprint density at radius 3 is 2.69 bits per heavy atom. The van der Waals surface area contributed by atoms with Crippen LogP contribution in [0.3, 0.4) is 0 Å². The molecule has 1 atom stereocenters. The van der Waals surface area contributed by atoms with Crippen molar-refractivity contribution in [2.45, 2.75) is 58.5 Å². The zero-order chi connectivity index (χ0) is 25.2. The van der Waals surface area contributed by atoms with Gasteiger partial charge in [-0.3, -0.25) is 9.36 Å². The van der Waals surface area contributed by atoms with Crippen molar-refractivity contribution in [3.63, 3.8) is 0 Å². The van der Waals surface area contributed by atoms with Crippen LogP contribution in [0.1, 0.15) is 61.5 Å². The van der Waals surface area contributed by atoms with Crippen LogP contribution in [0.5, 0.6) is 0 Å². The molecule has 186 valence electrons. The van der Waals surface area contributed by atoms with Gasteiger partial charge in [-0.25, -0.2) is 14.8 Å². The summed E-state index contributed by atoms with van der Waals surface area (Å²) in [5.74, 6) is 0.517. The number of hydrogen-bond donors (Lipinski definition) is 4. The maximum absolute atomic E-state index is 13.0. The average Bonchev–Trinajstić information content (AvgIpc) is 3.20. The van der Waals surface area contributed by atoms with Crippen LogP contribution in [0.2, 0.25) is 0 Å². The van der Waals surface area contributed by atoms with Crippen LogP contribution in [0.15, 0.2) is 53.6 Å². The highest BCUT2D eigenvalue weighted by molar-refractivity contribution is 6.05. The number of H-pyrrole nitrogens is 1. The minimum atomic E-state index is -0.204. The minimum Gasteiger partial charge on any atom is -0.367 e. The highest BCUT2D eigenvalue weighted by atomic mass is 16.2. The molecule has 3 heterocycles. The van der Waals surface area contributed by atoms with Gasteiger partial charge in [-0.2, -0.15) is 0 Å². The lowest BCUT2D eigenvalue weighted by Gasteiger charge is -2.26. The van der Waals surface area contributed by atoms with E-state index in [2.05, 4.69) is 30.9 Å². The zero-order valence-electron chi connectivity index (χ0n) is 20.8. The summed E-state index contributed by atoms with van der Waals surface area (Å²) in [6, 6.07) is 11.5. The number of imidazole rings is 1. The first-order valence-corrected chi connectivity index (χ1v) is 12.4. The predicted molar refractivity (Wildman–Crippen MR) is 143 cm³/mol. The van der Waals surface area contributed by atoms with Gasteiger partial charge in [0, 0.05) is 41.4 Å². The number of hydrogen-bond acceptors (Lipinski definition) is 6. The molecule has 0 spiro atoms. The van der Waals surface area contributed by atoms with E-state index in [4.69, 9.17) is 0 Å². The first kappa shape index (κ1) is 23.6. The molecule has 1 saturated carbocycles. The summed E-state index contributed by atoms with van der Waals surface area (Å²) in [7, 11) is 0. The molecule has 5 rings (SSSR count). The Bertz CT molecular complexity index is 1470. The summed E-state index contributed by atoms with van der Waals surface area (Å²) in [6.07, 6.45) is 7.67. The average molecular weight is 486 g/mol. The topological polar surface area (TPSA) is 117 Å². The second-order valence-corrected chi connectivity index (χ2v) is 9.43. The van der Waals surface area contributed by atoms with Gasteiger partial charge in [0.2, 0.25) is 0 Å². The molecule has 0 radical (unpaired) electrons. The molecule has 36 heavy (non-hydrogen) atoms. The third-order valence-corrected chi connectivity index (χ3v) is 6.89. The number of anilines is 4. The van der Waals surface area contributed by atoms with Crippen LogP contribution >= 0.6 is 0 Å². The highest BCUT2D eigenvalue weighted by Gasteiger charge is 2.18. The first-order chi connectivity index (χ1) is 17.4. The zero-order valence-corrected chi connectivity index (χ0v) is 20.8. The monoisotopic (exact) mass is 485 g/mol. The molecule has 4 aromatic rings. The van der Waals surface area contributed by atoms with E-state index >= 15 is 0 Å². The number of nitrogens with zero attached hydrogens (tertiary/aromatic N) is 3. The fourth-order valence-electron chi connectivity index (χ4n) is 4.31. The Morgan fingerprint density at radius 2 is 1.94 bits per heavy atom. The molecule has 3 aromatic heterocycles. The smallest absolute Gasteiger partial charge is 0.327 e. The summed E-state index contributed by atoms with van der Waals surface area (Å²) in [5, 5.41) is 9.78. The van der Waals surface area contributed by atoms with E-state index in [1.165, 1.54) is 6.42 Å². The molecule has 1 aromatic carbocycles. The van der Waals surface area contributed by atoms with Crippen LogP contribution in [0.4, 0.5) is 22.9 Å². The standard InChI is InChI=1S/C27H31N7O2/c1-4-17(3)34-25-24(33-27(34)36)21(11-13-29-25)32-22-15-20(9-8-16(22)2)31-26(35)18-10-12-28-23(14-18)30-19-6-5-7-19/h8-15,17,19H,4-7H2,1-3H3,(H,28,30)(H,29,32)(H,31,35)(H,33,36). The molecular weight excluding hydrogens is 454 g/mol. The Labute approximate surface area is 209 Å². The van der Waals surface area contributed by atoms with Crippen LogP contribution in [-0.4, -0.2) is 31.5 Å². The maximum atomic E-state index is 13.0. The SMILES string of the molecule is CCC(C)n1c(=O)[nH]c2c(Nc3cc(NC(=O)c4ccnc(NC5CCC5)c4)ccc3C)ccnc21. The van der Waals surface area contributed by atoms with Crippen molar-refractivity contribution in [2.75, 3.05) is 16.0 Å². The maximum Gasteiger partial charge on any atom is 0.327 e. The number of amides is 1. The van der Waals surface area contributed by atoms with Crippen LogP contribution in [0, 0.1) is 6.92 Å². The Balaban J connectivity index is 1.37. The van der Waals surface area contributed by atoms with E-state index < -0.39 is 0 Å². The first-order valence-electron chi connectivity index (χ1n) is 12.4. The molecule has 0 bridgehead atoms. The summed E-state index contributed by atoms with van der Waals surface area (Å²) in [4.78, 5) is 37.3. The van der Waals surface area contributed by atoms with Gasteiger partial charge in [0.25, 0.3) is 5.91 Å². The summed E-state index contributed by atoms with van der Waals surface area (Å²) in [5.41, 5.74) is 4.85. The van der Waals surface area contributed by atoms with E-state index in [9.17, 15) is 9.59 Å². The lowest BCUT2D eigenvalue weighted by Crippen LogP contribution is -2.27. The number of aromatic nitrogens is 4. The minimum absolute atomic E-state index is 0.0342. The fourth-order valence-corrected chi connectivity index (χ4v) is 4.31. The van der Waals surface area contributed by atoms with Gasteiger partial charge in [0.1, 0.15) is 11.3 Å². The molecule has 1 aliphatic carbocycles. The number of fused-ring (bicyclic) bond motifs is 1. The lowest BCUT2D eigenvalue weighted by atomic mass is 9.93. The normalized spacial score (nSPS) is 14.3. The van der Waals surface area contributed by atoms with Crippen molar-refractivity contribution in [3.05, 3.63) is 70.4 Å². The largest absolute Gasteiger partial charge is 0.367 e. The van der Waals surface area contributed by atoms with Crippen molar-refractivity contribution >= 4 is 40.0 Å². The van der Waals surface area contributed by atoms with Crippen molar-refractivity contribution in [1.82, 2.24) is 19.5 Å². The number of carbonyl (C=O) groups excluding carboxylic acids is 1. The van der Waals surface area contributed by atoms with Crippen LogP contribution < -0.4 is 21.6 Å². The number of pyridine rings is 2. The predicted octanol–water partition coefficient (Wildman–Crippen LogP) is 5.36. The molecule has 0 aliphatic heterocycles. The van der Waals surface area contributed by atoms with Gasteiger partial charge >= 0.3 is 5.69 Å². The quantitative estimate of drug-likeness (QED) is 0.267. The van der Waals surface area contributed by atoms with E-state index in [1.54, 1.807) is 29.1 Å². The van der Waals surface area contributed by atoms with E-state index in [1.807, 2.05) is 45.0 Å². The third-order valence-electron chi connectivity index (χ3n) is 6.89. The Kier molecular flexibility index (Phi) is 6.45. The molecule has 9 heteroatoms.